The van der Waals surface area contributed by atoms with Crippen molar-refractivity contribution >= 4 is 52.2 Å². The van der Waals surface area contributed by atoms with E-state index in [0.29, 0.717) is 12.0 Å². The van der Waals surface area contributed by atoms with E-state index in [0.717, 1.165) is 16.3 Å². The Morgan fingerprint density at radius 2 is 1.09 bits per heavy atom. The molecule has 5 amide bonds. The van der Waals surface area contributed by atoms with Crippen LogP contribution in [-0.4, -0.2) is 90.4 Å². The average molecular weight is 730 g/mol. The van der Waals surface area contributed by atoms with Crippen molar-refractivity contribution in [2.45, 2.75) is 62.7 Å². The first-order valence-corrected chi connectivity index (χ1v) is 17.2. The van der Waals surface area contributed by atoms with Crippen LogP contribution in [0.2, 0.25) is 0 Å². The molecule has 1 fully saturated rings. The molecule has 0 aliphatic carbocycles. The molecule has 14 N–H and O–H groups in total. The fraction of sp³-hybridized carbons (Fsp3) is 0.361. The summed E-state index contributed by atoms with van der Waals surface area (Å²) in [6.45, 7) is -0.176. The number of phenolic OH excluding ortho intramolecular Hbond substituents is 1. The number of fused-ring (bicyclic) bond motifs is 1. The molecule has 3 aromatic carbocycles. The molecular weight excluding hydrogens is 682 g/mol. The first-order valence-electron chi connectivity index (χ1n) is 17.2. The number of nitrogens with one attached hydrogen (secondary N) is 5. The first kappa shape index (κ1) is 39.4. The molecule has 1 heterocycles. The maximum Gasteiger partial charge on any atom is 0.243 e. The van der Waals surface area contributed by atoms with Gasteiger partial charge in [-0.3, -0.25) is 34.0 Å². The first-order chi connectivity index (χ1) is 25.4. The number of aliphatic imine (C=N–C) groups is 2. The van der Waals surface area contributed by atoms with Gasteiger partial charge < -0.3 is 54.6 Å². The molecule has 17 heteroatoms. The van der Waals surface area contributed by atoms with Gasteiger partial charge in [0.15, 0.2) is 11.9 Å². The molecule has 4 atom stereocenters. The molecule has 3 aromatic rings. The number of nitrogens with two attached hydrogens (primary N) is 4. The minimum Gasteiger partial charge on any atom is -0.508 e. The number of benzene rings is 3. The van der Waals surface area contributed by atoms with Gasteiger partial charge in [-0.15, -0.1) is 0 Å². The fourth-order valence-corrected chi connectivity index (χ4v) is 5.79. The second kappa shape index (κ2) is 19.3. The van der Waals surface area contributed by atoms with Crippen molar-refractivity contribution in [2.24, 2.45) is 32.9 Å². The van der Waals surface area contributed by atoms with Crippen LogP contribution in [0.1, 0.15) is 36.8 Å². The molecule has 1 saturated heterocycles. The van der Waals surface area contributed by atoms with E-state index in [9.17, 15) is 29.1 Å². The highest BCUT2D eigenvalue weighted by molar-refractivity contribution is 5.97. The van der Waals surface area contributed by atoms with Crippen LogP contribution < -0.4 is 49.5 Å². The van der Waals surface area contributed by atoms with E-state index in [1.165, 1.54) is 12.1 Å². The number of guanidine groups is 2. The summed E-state index contributed by atoms with van der Waals surface area (Å²) in [5.41, 5.74) is 23.2. The van der Waals surface area contributed by atoms with E-state index < -0.39 is 60.2 Å². The van der Waals surface area contributed by atoms with Crippen LogP contribution in [0.4, 0.5) is 0 Å². The van der Waals surface area contributed by atoms with Gasteiger partial charge in [0.1, 0.15) is 29.9 Å². The van der Waals surface area contributed by atoms with E-state index in [1.807, 2.05) is 42.5 Å². The molecule has 1 aliphatic rings. The van der Waals surface area contributed by atoms with Crippen molar-refractivity contribution in [3.05, 3.63) is 77.9 Å². The SMILES string of the molecule is NC(N)=NCCC[C@@H]1NC(=O)[C@H](Cc2ccc(O)cc2)NC(=O)[C@@H](CCCN=C(N)N)NC(=O)[C@H](Cc2ccc3ccccc3c2)NC(=O)CNC1=O. The Labute approximate surface area is 306 Å². The van der Waals surface area contributed by atoms with E-state index in [1.54, 1.807) is 12.1 Å². The molecule has 53 heavy (non-hydrogen) atoms. The van der Waals surface area contributed by atoms with E-state index >= 15 is 0 Å². The van der Waals surface area contributed by atoms with Crippen LogP contribution in [0, 0.1) is 0 Å². The van der Waals surface area contributed by atoms with Gasteiger partial charge in [-0.1, -0.05) is 54.6 Å². The molecular formula is C36H47N11O6. The number of aromatic hydroxyl groups is 1. The Morgan fingerprint density at radius 1 is 0.604 bits per heavy atom. The minimum absolute atomic E-state index is 0.00627. The molecule has 0 spiro atoms. The van der Waals surface area contributed by atoms with Crippen molar-refractivity contribution in [3.8, 4) is 5.75 Å². The molecule has 0 aromatic heterocycles. The number of nitrogens with zero attached hydrogens (tertiary/aromatic N) is 2. The second-order valence-electron chi connectivity index (χ2n) is 12.7. The summed E-state index contributed by atoms with van der Waals surface area (Å²) in [6.07, 6.45) is 0.777. The second-order valence-corrected chi connectivity index (χ2v) is 12.7. The van der Waals surface area contributed by atoms with Crippen LogP contribution in [-0.2, 0) is 36.8 Å². The number of hydrogen-bond donors (Lipinski definition) is 10. The molecule has 0 unspecified atom stereocenters. The Kier molecular flexibility index (Phi) is 14.3. The quantitative estimate of drug-likeness (QED) is 0.0585. The zero-order chi connectivity index (χ0) is 38.3. The number of carbonyl (C=O) groups excluding carboxylic acids is 5. The van der Waals surface area contributed by atoms with Gasteiger partial charge in [-0.2, -0.15) is 0 Å². The molecule has 17 nitrogen and oxygen atoms in total. The summed E-state index contributed by atoms with van der Waals surface area (Å²) < 4.78 is 0. The highest BCUT2D eigenvalue weighted by Crippen LogP contribution is 2.17. The number of rotatable bonds is 12. The summed E-state index contributed by atoms with van der Waals surface area (Å²) in [4.78, 5) is 76.4. The fourth-order valence-electron chi connectivity index (χ4n) is 5.79. The zero-order valence-corrected chi connectivity index (χ0v) is 29.2. The molecule has 4 rings (SSSR count). The highest BCUT2D eigenvalue weighted by atomic mass is 16.3. The van der Waals surface area contributed by atoms with E-state index in [4.69, 9.17) is 22.9 Å². The predicted molar refractivity (Wildman–Crippen MR) is 200 cm³/mol. The molecule has 0 radical (unpaired) electrons. The van der Waals surface area contributed by atoms with E-state index in [-0.39, 0.29) is 62.9 Å². The smallest absolute Gasteiger partial charge is 0.243 e. The lowest BCUT2D eigenvalue weighted by atomic mass is 10.00. The third-order valence-electron chi connectivity index (χ3n) is 8.49. The standard InChI is InChI=1S/C36H47N11O6/c37-35(38)41-15-3-7-26-31(50)43-20-30(49)44-28(19-22-9-12-23-5-1-2-6-24(23)17-22)33(52)46-27(8-4-16-42-36(39)40)32(51)47-29(34(53)45-26)18-21-10-13-25(48)14-11-21/h1-2,5-6,9-14,17,26-29,48H,3-4,7-8,15-16,18-20H2,(H,43,50)(H,44,49)(H,45,53)(H,46,52)(H,47,51)(H4,37,38,41)(H4,39,40,42)/t26-,27+,28-,29-/m0/s1. The summed E-state index contributed by atoms with van der Waals surface area (Å²) in [5, 5.41) is 25.2. The lowest BCUT2D eigenvalue weighted by Gasteiger charge is -2.26. The molecule has 282 valence electrons. The molecule has 0 saturated carbocycles. The van der Waals surface area contributed by atoms with Gasteiger partial charge in [0.25, 0.3) is 0 Å². The maximum absolute atomic E-state index is 14.0. The lowest BCUT2D eigenvalue weighted by Crippen LogP contribution is -2.58. The van der Waals surface area contributed by atoms with Crippen molar-refractivity contribution < 1.29 is 29.1 Å². The number of carbonyl (C=O) groups is 5. The lowest BCUT2D eigenvalue weighted by molar-refractivity contribution is -0.134. The van der Waals surface area contributed by atoms with Crippen molar-refractivity contribution in [1.82, 2.24) is 26.6 Å². The average Bonchev–Trinajstić information content (AvgIpc) is 3.12. The van der Waals surface area contributed by atoms with Crippen molar-refractivity contribution in [2.75, 3.05) is 19.6 Å². The molecule has 1 aliphatic heterocycles. The van der Waals surface area contributed by atoms with E-state index in [2.05, 4.69) is 36.6 Å². The normalized spacial score (nSPS) is 20.0. The zero-order valence-electron chi connectivity index (χ0n) is 29.2. The number of phenols is 1. The largest absolute Gasteiger partial charge is 0.508 e. The predicted octanol–water partition coefficient (Wildman–Crippen LogP) is -1.49. The van der Waals surface area contributed by atoms with Gasteiger partial charge in [0, 0.05) is 25.9 Å². The number of amides is 5. The topological polar surface area (TPSA) is 295 Å². The third kappa shape index (κ3) is 12.7. The van der Waals surface area contributed by atoms with Crippen LogP contribution in [0.25, 0.3) is 10.8 Å². The Hall–Kier alpha value is -6.39. The Bertz CT molecular complexity index is 1820. The number of hydrogen-bond acceptors (Lipinski definition) is 8. The maximum atomic E-state index is 14.0. The minimum atomic E-state index is -1.23. The van der Waals surface area contributed by atoms with Crippen molar-refractivity contribution in [1.29, 1.82) is 0 Å². The van der Waals surface area contributed by atoms with Crippen LogP contribution in [0.15, 0.2) is 76.7 Å². The van der Waals surface area contributed by atoms with Gasteiger partial charge >= 0.3 is 0 Å². The van der Waals surface area contributed by atoms with Gasteiger partial charge in [-0.05, 0) is 59.7 Å². The summed E-state index contributed by atoms with van der Waals surface area (Å²) in [7, 11) is 0. The monoisotopic (exact) mass is 729 g/mol. The van der Waals surface area contributed by atoms with Crippen LogP contribution >= 0.6 is 0 Å². The summed E-state index contributed by atoms with van der Waals surface area (Å²) >= 11 is 0. The molecule has 0 bridgehead atoms. The van der Waals surface area contributed by atoms with Crippen LogP contribution in [0.3, 0.4) is 0 Å². The highest BCUT2D eigenvalue weighted by Gasteiger charge is 2.32. The Balaban J connectivity index is 1.68. The van der Waals surface area contributed by atoms with Gasteiger partial charge in [0.2, 0.25) is 29.5 Å². The Morgan fingerprint density at radius 3 is 1.70 bits per heavy atom. The summed E-state index contributed by atoms with van der Waals surface area (Å²) in [6, 6.07) is 14.7. The van der Waals surface area contributed by atoms with Gasteiger partial charge in [-0.25, -0.2) is 0 Å². The van der Waals surface area contributed by atoms with Gasteiger partial charge in [0.05, 0.1) is 6.54 Å². The summed E-state index contributed by atoms with van der Waals surface area (Å²) in [5.74, 6) is -3.66. The van der Waals surface area contributed by atoms with Crippen molar-refractivity contribution in [3.63, 3.8) is 0 Å². The third-order valence-corrected chi connectivity index (χ3v) is 8.49. The van der Waals surface area contributed by atoms with Crippen LogP contribution in [0.5, 0.6) is 5.75 Å².